The van der Waals surface area contributed by atoms with Crippen LogP contribution in [-0.4, -0.2) is 9.38 Å². The Morgan fingerprint density at radius 1 is 0.319 bits per heavy atom. The van der Waals surface area contributed by atoms with E-state index in [9.17, 15) is 0 Å². The molecule has 4 nitrogen and oxygen atoms in total. The number of rotatable bonds is 11. The van der Waals surface area contributed by atoms with Gasteiger partial charge in [0, 0.05) is 51.4 Å². The second-order valence-corrected chi connectivity index (χ2v) is 18.5. The first-order chi connectivity index (χ1) is 33.8. The number of anilines is 6. The van der Waals surface area contributed by atoms with Gasteiger partial charge in [0.05, 0.1) is 11.4 Å². The molecule has 0 aliphatic heterocycles. The zero-order chi connectivity index (χ0) is 46.7. The molecule has 2 heterocycles. The molecule has 69 heavy (non-hydrogen) atoms. The maximum Gasteiger partial charge on any atom is 0.137 e. The van der Waals surface area contributed by atoms with Crippen LogP contribution in [0.5, 0.6) is 0 Å². The van der Waals surface area contributed by atoms with E-state index in [1.54, 1.807) is 0 Å². The van der Waals surface area contributed by atoms with E-state index in [0.717, 1.165) is 73.4 Å². The monoisotopic (exact) mass is 888 g/mol. The van der Waals surface area contributed by atoms with E-state index >= 15 is 0 Å². The molecule has 0 fully saturated rings. The predicted molar refractivity (Wildman–Crippen MR) is 290 cm³/mol. The molecule has 0 amide bonds. The Kier molecular flexibility index (Phi) is 11.5. The number of benzene rings is 9. The summed E-state index contributed by atoms with van der Waals surface area (Å²) >= 11 is 0. The van der Waals surface area contributed by atoms with E-state index in [4.69, 9.17) is 4.98 Å². The van der Waals surface area contributed by atoms with Gasteiger partial charge in [0.2, 0.25) is 0 Å². The summed E-state index contributed by atoms with van der Waals surface area (Å²) in [5, 5.41) is 0. The second-order valence-electron chi connectivity index (χ2n) is 18.5. The lowest BCUT2D eigenvalue weighted by atomic mass is 9.87. The first kappa shape index (κ1) is 42.9. The lowest BCUT2D eigenvalue weighted by molar-refractivity contribution is 0.590. The minimum absolute atomic E-state index is 0.0361. The highest BCUT2D eigenvalue weighted by atomic mass is 15.1. The molecule has 0 saturated carbocycles. The first-order valence-corrected chi connectivity index (χ1v) is 23.7. The van der Waals surface area contributed by atoms with Crippen LogP contribution in [0.15, 0.2) is 261 Å². The van der Waals surface area contributed by atoms with Crippen molar-refractivity contribution in [3.8, 4) is 55.9 Å². The summed E-state index contributed by atoms with van der Waals surface area (Å²) in [5.74, 6) is 0. The average Bonchev–Trinajstić information content (AvgIpc) is 3.80. The van der Waals surface area contributed by atoms with Crippen LogP contribution in [0.4, 0.5) is 34.1 Å². The summed E-state index contributed by atoms with van der Waals surface area (Å²) in [7, 11) is 0. The first-order valence-electron chi connectivity index (χ1n) is 23.7. The number of hydrogen-bond donors (Lipinski definition) is 0. The molecule has 4 heteroatoms. The number of hydrogen-bond acceptors (Lipinski definition) is 3. The third kappa shape index (κ3) is 8.84. The van der Waals surface area contributed by atoms with E-state index in [1.807, 2.05) is 6.07 Å². The molecule has 0 aliphatic carbocycles. The fourth-order valence-corrected chi connectivity index (χ4v) is 9.34. The predicted octanol–water partition coefficient (Wildman–Crippen LogP) is 17.9. The standard InChI is InChI=1S/C65H52N4/c1-65(2,3)55-33-43-60(44-34-55)69(61-23-15-22-54(46-61)64-63(53-20-11-6-12-21-53)66-62-24-13-14-45-67(62)64)59-41-31-52(32-42-59)51-29-39-58(40-30-51)68(56-35-25-49(26-36-56)47-16-7-4-8-17-47)57-37-27-50(28-38-57)48-18-9-5-10-19-48/h4-46H,1-3H3. The van der Waals surface area contributed by atoms with Crippen molar-refractivity contribution in [2.75, 3.05) is 9.80 Å². The van der Waals surface area contributed by atoms with E-state index < -0.39 is 0 Å². The van der Waals surface area contributed by atoms with Gasteiger partial charge in [-0.15, -0.1) is 0 Å². The number of aromatic nitrogens is 2. The highest BCUT2D eigenvalue weighted by Crippen LogP contribution is 2.42. The number of nitrogens with zero attached hydrogens (tertiary/aromatic N) is 4. The molecule has 11 rings (SSSR count). The van der Waals surface area contributed by atoms with Gasteiger partial charge in [-0.05, 0) is 129 Å². The van der Waals surface area contributed by atoms with Crippen LogP contribution in [0.1, 0.15) is 26.3 Å². The van der Waals surface area contributed by atoms with Crippen molar-refractivity contribution in [1.29, 1.82) is 0 Å². The van der Waals surface area contributed by atoms with Gasteiger partial charge in [0.1, 0.15) is 5.65 Å². The largest absolute Gasteiger partial charge is 0.311 e. The van der Waals surface area contributed by atoms with Crippen LogP contribution in [0.25, 0.3) is 61.5 Å². The summed E-state index contributed by atoms with van der Waals surface area (Å²) in [6.45, 7) is 6.79. The Bertz CT molecular complexity index is 3380. The molecule has 11 aromatic rings. The summed E-state index contributed by atoms with van der Waals surface area (Å²) < 4.78 is 2.20. The third-order valence-electron chi connectivity index (χ3n) is 13.0. The lowest BCUT2D eigenvalue weighted by Gasteiger charge is -2.27. The molecule has 0 spiro atoms. The minimum Gasteiger partial charge on any atom is -0.311 e. The van der Waals surface area contributed by atoms with Crippen molar-refractivity contribution in [2.45, 2.75) is 26.2 Å². The third-order valence-corrected chi connectivity index (χ3v) is 13.0. The van der Waals surface area contributed by atoms with Crippen molar-refractivity contribution < 1.29 is 0 Å². The van der Waals surface area contributed by atoms with Crippen molar-refractivity contribution in [3.05, 3.63) is 267 Å². The second kappa shape index (κ2) is 18.5. The van der Waals surface area contributed by atoms with Gasteiger partial charge in [0.15, 0.2) is 0 Å². The zero-order valence-corrected chi connectivity index (χ0v) is 39.1. The summed E-state index contributed by atoms with van der Waals surface area (Å²) in [6, 6.07) is 91.3. The SMILES string of the molecule is CC(C)(C)c1ccc(N(c2ccc(-c3ccc(N(c4ccc(-c5ccccc5)cc4)c4ccc(-c5ccccc5)cc4)cc3)cc2)c2cccc(-c3c(-c4ccccc4)nc4ccccn34)c2)cc1. The van der Waals surface area contributed by atoms with Crippen LogP contribution in [-0.2, 0) is 5.41 Å². The molecule has 0 saturated heterocycles. The van der Waals surface area contributed by atoms with Gasteiger partial charge < -0.3 is 9.80 Å². The normalized spacial score (nSPS) is 11.4. The Labute approximate surface area is 405 Å². The molecule has 0 N–H and O–H groups in total. The summed E-state index contributed by atoms with van der Waals surface area (Å²) in [6.07, 6.45) is 2.11. The highest BCUT2D eigenvalue weighted by Gasteiger charge is 2.21. The van der Waals surface area contributed by atoms with E-state index in [-0.39, 0.29) is 5.41 Å². The Balaban J connectivity index is 0.941. The van der Waals surface area contributed by atoms with Crippen molar-refractivity contribution in [2.24, 2.45) is 0 Å². The van der Waals surface area contributed by atoms with Crippen molar-refractivity contribution in [1.82, 2.24) is 9.38 Å². The molecule has 0 aliphatic rings. The topological polar surface area (TPSA) is 23.8 Å². The molecule has 2 aromatic heterocycles. The summed E-state index contributed by atoms with van der Waals surface area (Å²) in [5.41, 5.74) is 20.0. The maximum atomic E-state index is 5.14. The van der Waals surface area contributed by atoms with Crippen LogP contribution in [0, 0.1) is 0 Å². The van der Waals surface area contributed by atoms with E-state index in [1.165, 1.54) is 27.8 Å². The van der Waals surface area contributed by atoms with Crippen LogP contribution in [0.2, 0.25) is 0 Å². The lowest BCUT2D eigenvalue weighted by Crippen LogP contribution is -2.13. The molecule has 0 atom stereocenters. The van der Waals surface area contributed by atoms with Gasteiger partial charge in [-0.2, -0.15) is 0 Å². The van der Waals surface area contributed by atoms with Gasteiger partial charge >= 0.3 is 0 Å². The van der Waals surface area contributed by atoms with Crippen LogP contribution in [0.3, 0.4) is 0 Å². The van der Waals surface area contributed by atoms with Crippen molar-refractivity contribution in [3.63, 3.8) is 0 Å². The molecule has 0 bridgehead atoms. The number of fused-ring (bicyclic) bond motifs is 1. The average molecular weight is 889 g/mol. The smallest absolute Gasteiger partial charge is 0.137 e. The van der Waals surface area contributed by atoms with Crippen LogP contribution >= 0.6 is 0 Å². The highest BCUT2D eigenvalue weighted by molar-refractivity contribution is 5.87. The van der Waals surface area contributed by atoms with Crippen LogP contribution < -0.4 is 9.80 Å². The van der Waals surface area contributed by atoms with E-state index in [2.05, 4.69) is 290 Å². The Hall–Kier alpha value is -8.73. The fraction of sp³-hybridized carbons (Fsp3) is 0.0615. The molecular weight excluding hydrogens is 837 g/mol. The quantitative estimate of drug-likeness (QED) is 0.129. The van der Waals surface area contributed by atoms with Gasteiger partial charge in [-0.25, -0.2) is 4.98 Å². The van der Waals surface area contributed by atoms with Gasteiger partial charge in [-0.3, -0.25) is 4.40 Å². The molecule has 332 valence electrons. The summed E-state index contributed by atoms with van der Waals surface area (Å²) in [4.78, 5) is 9.84. The molecule has 0 unspecified atom stereocenters. The minimum atomic E-state index is 0.0361. The van der Waals surface area contributed by atoms with Gasteiger partial charge in [0.25, 0.3) is 0 Å². The zero-order valence-electron chi connectivity index (χ0n) is 39.1. The molecule has 9 aromatic carbocycles. The Morgan fingerprint density at radius 3 is 1.12 bits per heavy atom. The van der Waals surface area contributed by atoms with Gasteiger partial charge in [-0.1, -0.05) is 191 Å². The number of imidazole rings is 1. The molecular formula is C65H52N4. The fourth-order valence-electron chi connectivity index (χ4n) is 9.34. The van der Waals surface area contributed by atoms with Crippen molar-refractivity contribution >= 4 is 39.8 Å². The van der Waals surface area contributed by atoms with E-state index in [0.29, 0.717) is 0 Å². The number of pyridine rings is 1. The molecule has 0 radical (unpaired) electrons. The Morgan fingerprint density at radius 2 is 0.681 bits per heavy atom. The maximum absolute atomic E-state index is 5.14.